The first-order chi connectivity index (χ1) is 7.37. The van der Waals surface area contributed by atoms with Crippen molar-refractivity contribution < 1.29 is 23.1 Å². The molecular formula is C10H17F3O2S. The van der Waals surface area contributed by atoms with E-state index in [1.807, 2.05) is 6.92 Å². The molecule has 0 aromatic carbocycles. The van der Waals surface area contributed by atoms with Crippen LogP contribution in [0.1, 0.15) is 39.0 Å². The summed E-state index contributed by atoms with van der Waals surface area (Å²) in [7, 11) is 0. The molecule has 0 saturated carbocycles. The molecule has 0 rings (SSSR count). The molecule has 1 unspecified atom stereocenters. The Kier molecular flexibility index (Phi) is 7.62. The fraction of sp³-hybridized carbons (Fsp3) is 0.900. The first kappa shape index (κ1) is 15.6. The first-order valence-corrected chi connectivity index (χ1v) is 6.33. The molecule has 0 aliphatic carbocycles. The lowest BCUT2D eigenvalue weighted by Gasteiger charge is -2.10. The van der Waals surface area contributed by atoms with Gasteiger partial charge in [-0.3, -0.25) is 4.79 Å². The van der Waals surface area contributed by atoms with Crippen molar-refractivity contribution >= 4 is 17.7 Å². The summed E-state index contributed by atoms with van der Waals surface area (Å²) in [6.07, 6.45) is -3.04. The molecule has 1 atom stereocenters. The van der Waals surface area contributed by atoms with Crippen molar-refractivity contribution in [2.75, 3.05) is 5.75 Å². The summed E-state index contributed by atoms with van der Waals surface area (Å²) in [5.41, 5.74) is 0. The summed E-state index contributed by atoms with van der Waals surface area (Å²) in [6.45, 7) is 1.89. The van der Waals surface area contributed by atoms with Gasteiger partial charge in [0, 0.05) is 6.42 Å². The number of carbonyl (C=O) groups is 1. The van der Waals surface area contributed by atoms with Gasteiger partial charge in [0.15, 0.2) is 0 Å². The lowest BCUT2D eigenvalue weighted by Crippen LogP contribution is -2.16. The third kappa shape index (κ3) is 8.88. The predicted molar refractivity (Wildman–Crippen MR) is 58.7 cm³/mol. The Hall–Kier alpha value is -0.390. The van der Waals surface area contributed by atoms with Crippen LogP contribution in [0.25, 0.3) is 0 Å². The number of hydrogen-bond donors (Lipinski definition) is 1. The predicted octanol–water partition coefficient (Wildman–Crippen LogP) is 3.71. The number of aliphatic carboxylic acids is 1. The summed E-state index contributed by atoms with van der Waals surface area (Å²) in [5, 5.41) is 8.31. The van der Waals surface area contributed by atoms with Crippen LogP contribution in [-0.4, -0.2) is 28.3 Å². The van der Waals surface area contributed by atoms with Crippen molar-refractivity contribution in [1.82, 2.24) is 0 Å². The second-order valence-corrected chi connectivity index (χ2v) is 4.87. The molecular weight excluding hydrogens is 241 g/mol. The molecule has 0 radical (unpaired) electrons. The highest BCUT2D eigenvalue weighted by atomic mass is 32.2. The highest BCUT2D eigenvalue weighted by molar-refractivity contribution is 8.00. The summed E-state index contributed by atoms with van der Waals surface area (Å²) in [4.78, 5) is 10.7. The maximum atomic E-state index is 11.8. The molecule has 1 N–H and O–H groups in total. The van der Waals surface area contributed by atoms with Crippen LogP contribution in [0.5, 0.6) is 0 Å². The lowest BCUT2D eigenvalue weighted by molar-refractivity contribution is -0.137. The number of unbranched alkanes of at least 4 members (excludes halogenated alkanes) is 1. The van der Waals surface area contributed by atoms with E-state index >= 15 is 0 Å². The minimum Gasteiger partial charge on any atom is -0.480 e. The Morgan fingerprint density at radius 2 is 2.00 bits per heavy atom. The zero-order chi connectivity index (χ0) is 12.6. The molecule has 0 aromatic rings. The van der Waals surface area contributed by atoms with Crippen molar-refractivity contribution in [3.8, 4) is 0 Å². The first-order valence-electron chi connectivity index (χ1n) is 5.28. The van der Waals surface area contributed by atoms with Crippen molar-refractivity contribution in [2.45, 2.75) is 50.5 Å². The van der Waals surface area contributed by atoms with Gasteiger partial charge in [-0.1, -0.05) is 13.3 Å². The summed E-state index contributed by atoms with van der Waals surface area (Å²) in [5.74, 6) is -0.393. The van der Waals surface area contributed by atoms with Crippen LogP contribution in [-0.2, 0) is 4.79 Å². The third-order valence-electron chi connectivity index (χ3n) is 2.00. The Bertz CT molecular complexity index is 207. The molecule has 0 amide bonds. The van der Waals surface area contributed by atoms with Gasteiger partial charge >= 0.3 is 12.1 Å². The SMILES string of the molecule is CCCC(SCCCCC(F)(F)F)C(=O)O. The molecule has 0 aromatic heterocycles. The fourth-order valence-electron chi connectivity index (χ4n) is 1.19. The van der Waals surface area contributed by atoms with Gasteiger partial charge in [-0.05, 0) is 25.0 Å². The molecule has 16 heavy (non-hydrogen) atoms. The molecule has 0 saturated heterocycles. The lowest BCUT2D eigenvalue weighted by atomic mass is 10.2. The van der Waals surface area contributed by atoms with Crippen molar-refractivity contribution in [2.24, 2.45) is 0 Å². The number of hydrogen-bond acceptors (Lipinski definition) is 2. The van der Waals surface area contributed by atoms with Gasteiger partial charge in [-0.15, -0.1) is 11.8 Å². The minimum absolute atomic E-state index is 0.0783. The standard InChI is InChI=1S/C10H17F3O2S/c1-2-5-8(9(14)15)16-7-4-3-6-10(11,12)13/h8H,2-7H2,1H3,(H,14,15). The average Bonchev–Trinajstić information content (AvgIpc) is 2.13. The van der Waals surface area contributed by atoms with Gasteiger partial charge in [0.05, 0.1) is 0 Å². The number of alkyl halides is 3. The van der Waals surface area contributed by atoms with Crippen LogP contribution < -0.4 is 0 Å². The smallest absolute Gasteiger partial charge is 0.389 e. The average molecular weight is 258 g/mol. The number of rotatable bonds is 8. The van der Waals surface area contributed by atoms with Gasteiger partial charge < -0.3 is 5.11 Å². The maximum absolute atomic E-state index is 11.8. The fourth-order valence-corrected chi connectivity index (χ4v) is 2.39. The molecule has 0 bridgehead atoms. The van der Waals surface area contributed by atoms with E-state index in [1.54, 1.807) is 0 Å². The normalized spacial score (nSPS) is 13.8. The van der Waals surface area contributed by atoms with E-state index in [0.29, 0.717) is 18.6 Å². The second kappa shape index (κ2) is 7.81. The topological polar surface area (TPSA) is 37.3 Å². The van der Waals surface area contributed by atoms with Crippen LogP contribution >= 0.6 is 11.8 Å². The van der Waals surface area contributed by atoms with E-state index in [4.69, 9.17) is 5.11 Å². The van der Waals surface area contributed by atoms with Crippen molar-refractivity contribution in [3.63, 3.8) is 0 Å². The van der Waals surface area contributed by atoms with Gasteiger partial charge in [-0.2, -0.15) is 13.2 Å². The molecule has 96 valence electrons. The number of carboxylic acids is 1. The van der Waals surface area contributed by atoms with Gasteiger partial charge in [0.25, 0.3) is 0 Å². The van der Waals surface area contributed by atoms with E-state index in [9.17, 15) is 18.0 Å². The Morgan fingerprint density at radius 1 is 1.38 bits per heavy atom. The summed E-state index contributed by atoms with van der Waals surface area (Å²) >= 11 is 1.24. The van der Waals surface area contributed by atoms with Crippen molar-refractivity contribution in [1.29, 1.82) is 0 Å². The second-order valence-electron chi connectivity index (χ2n) is 3.56. The van der Waals surface area contributed by atoms with E-state index < -0.39 is 23.8 Å². The largest absolute Gasteiger partial charge is 0.480 e. The number of carboxylic acid groups (broad SMARTS) is 1. The van der Waals surface area contributed by atoms with E-state index in [2.05, 4.69) is 0 Å². The molecule has 0 spiro atoms. The molecule has 0 aliphatic heterocycles. The van der Waals surface area contributed by atoms with Crippen LogP contribution in [0, 0.1) is 0 Å². The van der Waals surface area contributed by atoms with Gasteiger partial charge in [0.1, 0.15) is 5.25 Å². The Labute approximate surface area is 97.6 Å². The summed E-state index contributed by atoms with van der Waals surface area (Å²) < 4.78 is 35.4. The van der Waals surface area contributed by atoms with Crippen molar-refractivity contribution in [3.05, 3.63) is 0 Å². The van der Waals surface area contributed by atoms with Crippen LogP contribution in [0.4, 0.5) is 13.2 Å². The van der Waals surface area contributed by atoms with Gasteiger partial charge in [-0.25, -0.2) is 0 Å². The maximum Gasteiger partial charge on any atom is 0.389 e. The molecule has 0 heterocycles. The van der Waals surface area contributed by atoms with E-state index in [0.717, 1.165) is 6.42 Å². The highest BCUT2D eigenvalue weighted by Crippen LogP contribution is 2.24. The van der Waals surface area contributed by atoms with E-state index in [-0.39, 0.29) is 6.42 Å². The quantitative estimate of drug-likeness (QED) is 0.674. The van der Waals surface area contributed by atoms with Crippen LogP contribution in [0.3, 0.4) is 0 Å². The third-order valence-corrected chi connectivity index (χ3v) is 3.36. The monoisotopic (exact) mass is 258 g/mol. The van der Waals surface area contributed by atoms with E-state index in [1.165, 1.54) is 11.8 Å². The Balaban J connectivity index is 3.59. The number of halogens is 3. The highest BCUT2D eigenvalue weighted by Gasteiger charge is 2.26. The zero-order valence-electron chi connectivity index (χ0n) is 9.22. The zero-order valence-corrected chi connectivity index (χ0v) is 10.0. The molecule has 6 heteroatoms. The molecule has 2 nitrogen and oxygen atoms in total. The minimum atomic E-state index is -4.10. The van der Waals surface area contributed by atoms with Gasteiger partial charge in [0.2, 0.25) is 0 Å². The molecule has 0 aliphatic rings. The Morgan fingerprint density at radius 3 is 2.44 bits per heavy atom. The molecule has 0 fully saturated rings. The number of thioether (sulfide) groups is 1. The van der Waals surface area contributed by atoms with Crippen LogP contribution in [0.15, 0.2) is 0 Å². The summed E-state index contributed by atoms with van der Waals surface area (Å²) in [6, 6.07) is 0. The van der Waals surface area contributed by atoms with Crippen LogP contribution in [0.2, 0.25) is 0 Å².